The molecule has 1 rings (SSSR count). The van der Waals surface area contributed by atoms with Crippen molar-refractivity contribution in [2.75, 3.05) is 5.75 Å². The Hall–Kier alpha value is 0.350. The highest BCUT2D eigenvalue weighted by Crippen LogP contribution is 2.44. The first kappa shape index (κ1) is 13.4. The average molecular weight is 228 g/mol. The first-order valence-corrected chi connectivity index (χ1v) is 7.34. The molecule has 0 spiro atoms. The molecule has 0 saturated carbocycles. The first-order valence-electron chi connectivity index (χ1n) is 6.29. The topological polar surface area (TPSA) is 0 Å². The van der Waals surface area contributed by atoms with Gasteiger partial charge in [0, 0.05) is 5.25 Å². The summed E-state index contributed by atoms with van der Waals surface area (Å²) in [6, 6.07) is 0. The second kappa shape index (κ2) is 4.69. The summed E-state index contributed by atoms with van der Waals surface area (Å²) in [5.41, 5.74) is 1.00. The minimum atomic E-state index is 0.498. The molecule has 1 aliphatic heterocycles. The maximum absolute atomic E-state index is 2.38. The van der Waals surface area contributed by atoms with Crippen molar-refractivity contribution in [2.45, 2.75) is 66.1 Å². The molecule has 1 saturated heterocycles. The summed E-state index contributed by atoms with van der Waals surface area (Å²) in [5, 5.41) is 0.921. The molecular weight excluding hydrogens is 200 g/mol. The molecule has 2 atom stereocenters. The van der Waals surface area contributed by atoms with Crippen LogP contribution in [-0.4, -0.2) is 11.0 Å². The normalized spacial score (nSPS) is 28.4. The Morgan fingerprint density at radius 1 is 0.933 bits per heavy atom. The molecule has 0 unspecified atom stereocenters. The Morgan fingerprint density at radius 2 is 1.47 bits per heavy atom. The van der Waals surface area contributed by atoms with Crippen molar-refractivity contribution < 1.29 is 0 Å². The maximum atomic E-state index is 2.38. The van der Waals surface area contributed by atoms with E-state index in [-0.39, 0.29) is 0 Å². The lowest BCUT2D eigenvalue weighted by Gasteiger charge is -2.30. The third-order valence-electron chi connectivity index (χ3n) is 3.03. The van der Waals surface area contributed by atoms with Crippen molar-refractivity contribution in [2.24, 2.45) is 16.7 Å². The summed E-state index contributed by atoms with van der Waals surface area (Å²) < 4.78 is 0. The van der Waals surface area contributed by atoms with Crippen molar-refractivity contribution in [3.63, 3.8) is 0 Å². The standard InChI is InChI=1S/C14H28S/c1-13(2,3)9-11-7-8-15-12(11)10-14(4,5)6/h11-12H,7-10H2,1-6H3/t11-,12-/m0/s1. The zero-order chi connectivity index (χ0) is 11.7. The van der Waals surface area contributed by atoms with E-state index in [1.807, 2.05) is 0 Å². The summed E-state index contributed by atoms with van der Waals surface area (Å²) in [5.74, 6) is 2.36. The Labute approximate surface area is 101 Å². The second-order valence-electron chi connectivity index (χ2n) is 7.49. The van der Waals surface area contributed by atoms with Crippen LogP contribution in [0.3, 0.4) is 0 Å². The molecule has 0 amide bonds. The van der Waals surface area contributed by atoms with Gasteiger partial charge in [0.2, 0.25) is 0 Å². The van der Waals surface area contributed by atoms with Gasteiger partial charge in [0.15, 0.2) is 0 Å². The zero-order valence-corrected chi connectivity index (χ0v) is 12.2. The fraction of sp³-hybridized carbons (Fsp3) is 1.00. The molecule has 0 nitrogen and oxygen atoms in total. The smallest absolute Gasteiger partial charge is 0.00807 e. The summed E-state index contributed by atoms with van der Waals surface area (Å²) in [6.07, 6.45) is 4.24. The van der Waals surface area contributed by atoms with Gasteiger partial charge in [-0.05, 0) is 41.8 Å². The predicted molar refractivity (Wildman–Crippen MR) is 72.5 cm³/mol. The number of hydrogen-bond donors (Lipinski definition) is 0. The fourth-order valence-electron chi connectivity index (χ4n) is 2.54. The molecule has 0 aromatic carbocycles. The molecule has 0 N–H and O–H groups in total. The van der Waals surface area contributed by atoms with Crippen LogP contribution in [0.5, 0.6) is 0 Å². The van der Waals surface area contributed by atoms with Crippen molar-refractivity contribution in [1.82, 2.24) is 0 Å². The van der Waals surface area contributed by atoms with E-state index in [9.17, 15) is 0 Å². The predicted octanol–water partition coefficient (Wildman–Crippen LogP) is 4.98. The van der Waals surface area contributed by atoms with Crippen LogP contribution in [0, 0.1) is 16.7 Å². The quantitative estimate of drug-likeness (QED) is 0.642. The van der Waals surface area contributed by atoms with Crippen LogP contribution in [0.25, 0.3) is 0 Å². The minimum absolute atomic E-state index is 0.498. The van der Waals surface area contributed by atoms with Crippen LogP contribution in [0.4, 0.5) is 0 Å². The van der Waals surface area contributed by atoms with Gasteiger partial charge in [-0.1, -0.05) is 41.5 Å². The molecule has 0 aromatic rings. The SMILES string of the molecule is CC(C)(C)C[C@@H]1CCS[C@H]1CC(C)(C)C. The van der Waals surface area contributed by atoms with Crippen LogP contribution in [0.2, 0.25) is 0 Å². The third kappa shape index (κ3) is 5.29. The molecule has 0 bridgehead atoms. The lowest BCUT2D eigenvalue weighted by Crippen LogP contribution is -2.23. The van der Waals surface area contributed by atoms with Gasteiger partial charge in [-0.2, -0.15) is 11.8 Å². The molecule has 1 heterocycles. The second-order valence-corrected chi connectivity index (χ2v) is 8.83. The molecule has 1 fully saturated rings. The molecular formula is C14H28S. The fourth-order valence-corrected chi connectivity index (χ4v) is 4.41. The van der Waals surface area contributed by atoms with Gasteiger partial charge in [-0.15, -0.1) is 0 Å². The van der Waals surface area contributed by atoms with E-state index in [1.54, 1.807) is 0 Å². The van der Waals surface area contributed by atoms with Gasteiger partial charge in [0.05, 0.1) is 0 Å². The van der Waals surface area contributed by atoms with Crippen LogP contribution in [-0.2, 0) is 0 Å². The maximum Gasteiger partial charge on any atom is 0.00807 e. The summed E-state index contributed by atoms with van der Waals surface area (Å²) in [7, 11) is 0. The van der Waals surface area contributed by atoms with Crippen LogP contribution in [0.15, 0.2) is 0 Å². The Morgan fingerprint density at radius 3 is 1.93 bits per heavy atom. The van der Waals surface area contributed by atoms with Crippen molar-refractivity contribution in [3.05, 3.63) is 0 Å². The molecule has 0 aliphatic carbocycles. The largest absolute Gasteiger partial charge is 0.158 e. The highest BCUT2D eigenvalue weighted by Gasteiger charge is 2.33. The molecule has 15 heavy (non-hydrogen) atoms. The zero-order valence-electron chi connectivity index (χ0n) is 11.4. The average Bonchev–Trinajstić information content (AvgIpc) is 2.29. The minimum Gasteiger partial charge on any atom is -0.158 e. The number of rotatable bonds is 2. The monoisotopic (exact) mass is 228 g/mol. The van der Waals surface area contributed by atoms with Gasteiger partial charge in [-0.25, -0.2) is 0 Å². The Bertz CT molecular complexity index is 172. The van der Waals surface area contributed by atoms with E-state index in [0.29, 0.717) is 10.8 Å². The van der Waals surface area contributed by atoms with Gasteiger partial charge < -0.3 is 0 Å². The summed E-state index contributed by atoms with van der Waals surface area (Å²) >= 11 is 2.22. The van der Waals surface area contributed by atoms with E-state index < -0.39 is 0 Å². The highest BCUT2D eigenvalue weighted by atomic mass is 32.2. The Kier molecular flexibility index (Phi) is 4.20. The van der Waals surface area contributed by atoms with Crippen LogP contribution in [0.1, 0.15) is 60.8 Å². The van der Waals surface area contributed by atoms with Crippen molar-refractivity contribution in [1.29, 1.82) is 0 Å². The molecule has 0 aromatic heterocycles. The number of hydrogen-bond acceptors (Lipinski definition) is 1. The summed E-state index contributed by atoms with van der Waals surface area (Å²) in [4.78, 5) is 0. The van der Waals surface area contributed by atoms with Crippen LogP contribution < -0.4 is 0 Å². The summed E-state index contributed by atoms with van der Waals surface area (Å²) in [6.45, 7) is 14.3. The van der Waals surface area contributed by atoms with Crippen LogP contribution >= 0.6 is 11.8 Å². The highest BCUT2D eigenvalue weighted by molar-refractivity contribution is 8.00. The molecule has 0 radical (unpaired) electrons. The lowest BCUT2D eigenvalue weighted by molar-refractivity contribution is 0.258. The van der Waals surface area contributed by atoms with E-state index in [0.717, 1.165) is 11.2 Å². The first-order chi connectivity index (χ1) is 6.67. The van der Waals surface area contributed by atoms with Gasteiger partial charge in [0.25, 0.3) is 0 Å². The van der Waals surface area contributed by atoms with E-state index in [4.69, 9.17) is 0 Å². The molecule has 90 valence electrons. The van der Waals surface area contributed by atoms with Gasteiger partial charge in [-0.3, -0.25) is 0 Å². The lowest BCUT2D eigenvalue weighted by atomic mass is 9.78. The van der Waals surface area contributed by atoms with Crippen molar-refractivity contribution in [3.8, 4) is 0 Å². The van der Waals surface area contributed by atoms with E-state index in [1.165, 1.54) is 25.0 Å². The number of thioether (sulfide) groups is 1. The van der Waals surface area contributed by atoms with Crippen molar-refractivity contribution >= 4 is 11.8 Å². The van der Waals surface area contributed by atoms with E-state index >= 15 is 0 Å². The van der Waals surface area contributed by atoms with Gasteiger partial charge in [0.1, 0.15) is 0 Å². The molecule has 1 aliphatic rings. The Balaban J connectivity index is 2.50. The third-order valence-corrected chi connectivity index (χ3v) is 4.49. The molecule has 1 heteroatoms. The van der Waals surface area contributed by atoms with Gasteiger partial charge >= 0.3 is 0 Å². The van der Waals surface area contributed by atoms with E-state index in [2.05, 4.69) is 53.3 Å².